The Morgan fingerprint density at radius 1 is 1.25 bits per heavy atom. The minimum atomic E-state index is 0.429. The predicted octanol–water partition coefficient (Wildman–Crippen LogP) is 3.23. The summed E-state index contributed by atoms with van der Waals surface area (Å²) in [5.41, 5.74) is 1.38. The summed E-state index contributed by atoms with van der Waals surface area (Å²) in [5, 5.41) is 3.38. The molecule has 0 spiro atoms. The molecule has 1 aliphatic carbocycles. The van der Waals surface area contributed by atoms with Crippen molar-refractivity contribution in [3.05, 3.63) is 48.2 Å². The van der Waals surface area contributed by atoms with Crippen LogP contribution in [0.4, 0.5) is 5.95 Å². The van der Waals surface area contributed by atoms with Gasteiger partial charge in [0.15, 0.2) is 0 Å². The van der Waals surface area contributed by atoms with Crippen LogP contribution in [0.3, 0.4) is 0 Å². The third-order valence-corrected chi connectivity index (χ3v) is 3.42. The van der Waals surface area contributed by atoms with Gasteiger partial charge in [-0.3, -0.25) is 0 Å². The van der Waals surface area contributed by atoms with E-state index in [1.807, 2.05) is 6.07 Å². The molecule has 1 aliphatic rings. The van der Waals surface area contributed by atoms with Crippen molar-refractivity contribution in [3.63, 3.8) is 0 Å². The number of anilines is 1. The van der Waals surface area contributed by atoms with Gasteiger partial charge in [0.05, 0.1) is 6.61 Å². The molecule has 20 heavy (non-hydrogen) atoms. The van der Waals surface area contributed by atoms with E-state index in [2.05, 4.69) is 46.5 Å². The topological polar surface area (TPSA) is 47.0 Å². The molecule has 1 N–H and O–H groups in total. The van der Waals surface area contributed by atoms with Gasteiger partial charge >= 0.3 is 0 Å². The molecule has 1 fully saturated rings. The highest BCUT2D eigenvalue weighted by atomic mass is 16.5. The van der Waals surface area contributed by atoms with Gasteiger partial charge in [0.25, 0.3) is 0 Å². The monoisotopic (exact) mass is 269 g/mol. The van der Waals surface area contributed by atoms with Crippen LogP contribution >= 0.6 is 0 Å². The zero-order chi connectivity index (χ0) is 13.8. The zero-order valence-corrected chi connectivity index (χ0v) is 11.6. The van der Waals surface area contributed by atoms with E-state index in [1.54, 1.807) is 12.3 Å². The molecular formula is C16H19N3O. The van der Waals surface area contributed by atoms with E-state index in [9.17, 15) is 0 Å². The fourth-order valence-electron chi connectivity index (χ4n) is 2.29. The van der Waals surface area contributed by atoms with Gasteiger partial charge in [-0.25, -0.2) is 4.98 Å². The van der Waals surface area contributed by atoms with E-state index < -0.39 is 0 Å². The molecule has 3 rings (SSSR count). The molecule has 104 valence electrons. The third kappa shape index (κ3) is 3.07. The number of hydrogen-bond acceptors (Lipinski definition) is 4. The fraction of sp³-hybridized carbons (Fsp3) is 0.375. The van der Waals surface area contributed by atoms with Crippen molar-refractivity contribution in [1.82, 2.24) is 9.97 Å². The molecule has 1 saturated carbocycles. The fourth-order valence-corrected chi connectivity index (χ4v) is 2.29. The van der Waals surface area contributed by atoms with Crippen LogP contribution in [-0.2, 0) is 0 Å². The predicted molar refractivity (Wildman–Crippen MR) is 79.0 cm³/mol. The first-order valence-corrected chi connectivity index (χ1v) is 7.14. The standard InChI is InChI=1S/C16H19N3O/c1-2-10-20-15-8-9-17-16(19-15)18-14-11-13(14)12-6-4-3-5-7-12/h3-9,13-14H,2,10-11H2,1H3,(H,17,18,19). The van der Waals surface area contributed by atoms with Crippen molar-refractivity contribution in [2.45, 2.75) is 31.7 Å². The van der Waals surface area contributed by atoms with Gasteiger partial charge in [-0.1, -0.05) is 37.3 Å². The van der Waals surface area contributed by atoms with Crippen LogP contribution in [-0.4, -0.2) is 22.6 Å². The van der Waals surface area contributed by atoms with Gasteiger partial charge in [0, 0.05) is 24.2 Å². The molecule has 0 saturated heterocycles. The summed E-state index contributed by atoms with van der Waals surface area (Å²) < 4.78 is 5.52. The van der Waals surface area contributed by atoms with Crippen LogP contribution in [0.5, 0.6) is 5.88 Å². The van der Waals surface area contributed by atoms with Crippen LogP contribution < -0.4 is 10.1 Å². The third-order valence-electron chi connectivity index (χ3n) is 3.42. The van der Waals surface area contributed by atoms with Crippen molar-refractivity contribution in [3.8, 4) is 5.88 Å². The minimum absolute atomic E-state index is 0.429. The number of rotatable bonds is 6. The molecule has 0 radical (unpaired) electrons. The highest BCUT2D eigenvalue weighted by Crippen LogP contribution is 2.42. The first kappa shape index (κ1) is 12.9. The first-order valence-electron chi connectivity index (χ1n) is 7.14. The van der Waals surface area contributed by atoms with E-state index in [4.69, 9.17) is 4.74 Å². The summed E-state index contributed by atoms with van der Waals surface area (Å²) in [6.45, 7) is 2.77. The molecule has 2 atom stereocenters. The van der Waals surface area contributed by atoms with E-state index in [0.29, 0.717) is 30.4 Å². The second-order valence-corrected chi connectivity index (χ2v) is 5.07. The Kier molecular flexibility index (Phi) is 3.81. The zero-order valence-electron chi connectivity index (χ0n) is 11.6. The molecule has 0 amide bonds. The highest BCUT2D eigenvalue weighted by molar-refractivity contribution is 5.37. The molecule has 1 aromatic carbocycles. The summed E-state index contributed by atoms with van der Waals surface area (Å²) in [6.07, 6.45) is 3.85. The Labute approximate surface area is 119 Å². The van der Waals surface area contributed by atoms with Crippen LogP contribution in [0.1, 0.15) is 31.2 Å². The number of benzene rings is 1. The van der Waals surface area contributed by atoms with Crippen molar-refractivity contribution in [2.75, 3.05) is 11.9 Å². The van der Waals surface area contributed by atoms with Crippen molar-refractivity contribution < 1.29 is 4.74 Å². The SMILES string of the molecule is CCCOc1ccnc(NC2CC2c2ccccc2)n1. The Morgan fingerprint density at radius 2 is 2.10 bits per heavy atom. The van der Waals surface area contributed by atoms with Crippen LogP contribution in [0.15, 0.2) is 42.6 Å². The average molecular weight is 269 g/mol. The Balaban J connectivity index is 1.59. The molecule has 2 aromatic rings. The molecule has 1 heterocycles. The largest absolute Gasteiger partial charge is 0.478 e. The summed E-state index contributed by atoms with van der Waals surface area (Å²) in [6, 6.07) is 12.8. The van der Waals surface area contributed by atoms with Gasteiger partial charge in [-0.05, 0) is 18.4 Å². The van der Waals surface area contributed by atoms with Crippen LogP contribution in [0.2, 0.25) is 0 Å². The normalized spacial score (nSPS) is 20.4. The molecule has 0 aliphatic heterocycles. The summed E-state index contributed by atoms with van der Waals surface area (Å²) in [4.78, 5) is 8.63. The van der Waals surface area contributed by atoms with Crippen LogP contribution in [0, 0.1) is 0 Å². The summed E-state index contributed by atoms with van der Waals surface area (Å²) in [5.74, 6) is 1.86. The second kappa shape index (κ2) is 5.90. The van der Waals surface area contributed by atoms with Gasteiger partial charge < -0.3 is 10.1 Å². The maximum atomic E-state index is 5.52. The molecule has 0 bridgehead atoms. The van der Waals surface area contributed by atoms with Crippen molar-refractivity contribution >= 4 is 5.95 Å². The molecule has 4 nitrogen and oxygen atoms in total. The number of nitrogens with zero attached hydrogens (tertiary/aromatic N) is 2. The molecular weight excluding hydrogens is 250 g/mol. The molecule has 1 aromatic heterocycles. The maximum Gasteiger partial charge on any atom is 0.226 e. The smallest absolute Gasteiger partial charge is 0.226 e. The second-order valence-electron chi connectivity index (χ2n) is 5.07. The number of hydrogen-bond donors (Lipinski definition) is 1. The Bertz CT molecular complexity index is 559. The molecule has 4 heteroatoms. The lowest BCUT2D eigenvalue weighted by molar-refractivity contribution is 0.305. The van der Waals surface area contributed by atoms with Gasteiger partial charge in [-0.2, -0.15) is 4.98 Å². The van der Waals surface area contributed by atoms with Gasteiger partial charge in [-0.15, -0.1) is 0 Å². The lowest BCUT2D eigenvalue weighted by Gasteiger charge is -2.07. The first-order chi connectivity index (χ1) is 9.86. The van der Waals surface area contributed by atoms with Crippen LogP contribution in [0.25, 0.3) is 0 Å². The van der Waals surface area contributed by atoms with E-state index in [-0.39, 0.29) is 0 Å². The van der Waals surface area contributed by atoms with Crippen molar-refractivity contribution in [2.24, 2.45) is 0 Å². The Morgan fingerprint density at radius 3 is 2.90 bits per heavy atom. The van der Waals surface area contributed by atoms with E-state index in [1.165, 1.54) is 5.56 Å². The molecule has 2 unspecified atom stereocenters. The Hall–Kier alpha value is -2.10. The maximum absolute atomic E-state index is 5.52. The number of ether oxygens (including phenoxy) is 1. The highest BCUT2D eigenvalue weighted by Gasteiger charge is 2.38. The number of nitrogens with one attached hydrogen (secondary N) is 1. The van der Waals surface area contributed by atoms with Gasteiger partial charge in [0.2, 0.25) is 11.8 Å². The van der Waals surface area contributed by atoms with Gasteiger partial charge in [0.1, 0.15) is 0 Å². The quantitative estimate of drug-likeness (QED) is 0.874. The lowest BCUT2D eigenvalue weighted by Crippen LogP contribution is -2.08. The average Bonchev–Trinajstić information content (AvgIpc) is 3.26. The lowest BCUT2D eigenvalue weighted by atomic mass is 10.1. The van der Waals surface area contributed by atoms with Crippen molar-refractivity contribution in [1.29, 1.82) is 0 Å². The number of aromatic nitrogens is 2. The summed E-state index contributed by atoms with van der Waals surface area (Å²) in [7, 11) is 0. The van der Waals surface area contributed by atoms with E-state index in [0.717, 1.165) is 12.8 Å². The van der Waals surface area contributed by atoms with E-state index >= 15 is 0 Å². The minimum Gasteiger partial charge on any atom is -0.478 e. The summed E-state index contributed by atoms with van der Waals surface area (Å²) >= 11 is 0.